The van der Waals surface area contributed by atoms with Gasteiger partial charge in [0.1, 0.15) is 11.5 Å². The van der Waals surface area contributed by atoms with Gasteiger partial charge in [-0.2, -0.15) is 0 Å². The van der Waals surface area contributed by atoms with E-state index in [1.165, 1.54) is 0 Å². The van der Waals surface area contributed by atoms with E-state index in [4.69, 9.17) is 0 Å². The van der Waals surface area contributed by atoms with Gasteiger partial charge in [-0.1, -0.05) is 20.8 Å². The van der Waals surface area contributed by atoms with Gasteiger partial charge in [0, 0.05) is 13.6 Å². The Morgan fingerprint density at radius 1 is 1.35 bits per heavy atom. The minimum atomic E-state index is 0.321. The highest BCUT2D eigenvalue weighted by atomic mass is 79.9. The first kappa shape index (κ1) is 15.0. The summed E-state index contributed by atoms with van der Waals surface area (Å²) >= 11 is 3.62. The van der Waals surface area contributed by atoms with Crippen LogP contribution in [0.1, 0.15) is 38.8 Å². The van der Waals surface area contributed by atoms with Gasteiger partial charge in [-0.3, -0.25) is 0 Å². The third-order valence-electron chi connectivity index (χ3n) is 3.01. The van der Waals surface area contributed by atoms with E-state index < -0.39 is 0 Å². The second-order valence-corrected chi connectivity index (χ2v) is 5.86. The van der Waals surface area contributed by atoms with Crippen molar-refractivity contribution in [1.29, 1.82) is 0 Å². The van der Waals surface area contributed by atoms with Crippen molar-refractivity contribution in [1.82, 2.24) is 19.5 Å². The molecule has 6 heteroatoms. The summed E-state index contributed by atoms with van der Waals surface area (Å²) in [7, 11) is 1.95. The summed E-state index contributed by atoms with van der Waals surface area (Å²) in [5.41, 5.74) is 1.92. The zero-order chi connectivity index (χ0) is 14.7. The maximum absolute atomic E-state index is 4.69. The Bertz CT molecular complexity index is 591. The standard InChI is InChI=1S/C14H20BrN5/c1-5-6-17-14-11(15)12(9(2)3)18-13(19-14)10-7-16-8-20(10)4/h7-9H,5-6H2,1-4H3,(H,17,18,19). The van der Waals surface area contributed by atoms with E-state index >= 15 is 0 Å². The van der Waals surface area contributed by atoms with E-state index in [2.05, 4.69) is 57.0 Å². The molecular weight excluding hydrogens is 318 g/mol. The van der Waals surface area contributed by atoms with Crippen molar-refractivity contribution < 1.29 is 0 Å². The number of aryl methyl sites for hydroxylation is 1. The Hall–Kier alpha value is -1.43. The molecule has 0 aliphatic rings. The number of anilines is 1. The third-order valence-corrected chi connectivity index (χ3v) is 3.79. The Kier molecular flexibility index (Phi) is 4.75. The summed E-state index contributed by atoms with van der Waals surface area (Å²) in [6, 6.07) is 0. The summed E-state index contributed by atoms with van der Waals surface area (Å²) in [4.78, 5) is 13.4. The molecule has 0 amide bonds. The smallest absolute Gasteiger partial charge is 0.180 e. The van der Waals surface area contributed by atoms with Crippen LogP contribution in [0.5, 0.6) is 0 Å². The minimum absolute atomic E-state index is 0.321. The molecule has 0 aliphatic carbocycles. The summed E-state index contributed by atoms with van der Waals surface area (Å²) in [6.07, 6.45) is 4.60. The molecule has 2 aromatic heterocycles. The van der Waals surface area contributed by atoms with Crippen LogP contribution in [0.3, 0.4) is 0 Å². The molecule has 2 rings (SSSR count). The second kappa shape index (κ2) is 6.35. The van der Waals surface area contributed by atoms with E-state index in [9.17, 15) is 0 Å². The first-order valence-electron chi connectivity index (χ1n) is 6.82. The normalized spacial score (nSPS) is 11.1. The molecule has 0 saturated carbocycles. The Morgan fingerprint density at radius 3 is 2.65 bits per heavy atom. The van der Waals surface area contributed by atoms with Crippen LogP contribution in [0.2, 0.25) is 0 Å². The second-order valence-electron chi connectivity index (χ2n) is 5.07. The van der Waals surface area contributed by atoms with Gasteiger partial charge in [0.2, 0.25) is 0 Å². The van der Waals surface area contributed by atoms with Crippen LogP contribution in [-0.2, 0) is 7.05 Å². The fraction of sp³-hybridized carbons (Fsp3) is 0.500. The Balaban J connectivity index is 2.53. The van der Waals surface area contributed by atoms with Gasteiger partial charge in [0.15, 0.2) is 5.82 Å². The summed E-state index contributed by atoms with van der Waals surface area (Å²) in [6.45, 7) is 7.28. The van der Waals surface area contributed by atoms with Crippen LogP contribution in [0, 0.1) is 0 Å². The third kappa shape index (κ3) is 3.00. The Labute approximate surface area is 128 Å². The molecule has 1 N–H and O–H groups in total. The fourth-order valence-corrected chi connectivity index (χ4v) is 2.67. The van der Waals surface area contributed by atoms with Crippen molar-refractivity contribution in [2.24, 2.45) is 7.05 Å². The number of nitrogens with zero attached hydrogens (tertiary/aromatic N) is 4. The number of rotatable bonds is 5. The summed E-state index contributed by atoms with van der Waals surface area (Å²) in [5, 5.41) is 3.35. The highest BCUT2D eigenvalue weighted by molar-refractivity contribution is 9.10. The van der Waals surface area contributed by atoms with Gasteiger partial charge in [-0.05, 0) is 28.3 Å². The largest absolute Gasteiger partial charge is 0.369 e. The lowest BCUT2D eigenvalue weighted by atomic mass is 10.1. The summed E-state index contributed by atoms with van der Waals surface area (Å²) in [5.74, 6) is 1.87. The maximum atomic E-state index is 4.69. The monoisotopic (exact) mass is 337 g/mol. The average molecular weight is 338 g/mol. The van der Waals surface area contributed by atoms with E-state index in [1.54, 1.807) is 12.5 Å². The molecule has 0 unspecified atom stereocenters. The van der Waals surface area contributed by atoms with Crippen molar-refractivity contribution in [3.05, 3.63) is 22.7 Å². The van der Waals surface area contributed by atoms with Gasteiger partial charge in [0.05, 0.1) is 22.7 Å². The van der Waals surface area contributed by atoms with Crippen molar-refractivity contribution in [3.63, 3.8) is 0 Å². The molecule has 20 heavy (non-hydrogen) atoms. The Morgan fingerprint density at radius 2 is 2.10 bits per heavy atom. The fourth-order valence-electron chi connectivity index (χ4n) is 1.89. The van der Waals surface area contributed by atoms with Crippen LogP contribution in [-0.4, -0.2) is 26.1 Å². The number of hydrogen-bond acceptors (Lipinski definition) is 4. The maximum Gasteiger partial charge on any atom is 0.180 e. The lowest BCUT2D eigenvalue weighted by molar-refractivity contribution is 0.803. The predicted octanol–water partition coefficient (Wildman–Crippen LogP) is 3.58. The quantitative estimate of drug-likeness (QED) is 0.905. The van der Waals surface area contributed by atoms with E-state index in [0.29, 0.717) is 11.7 Å². The van der Waals surface area contributed by atoms with Gasteiger partial charge < -0.3 is 9.88 Å². The van der Waals surface area contributed by atoms with Crippen LogP contribution < -0.4 is 5.32 Å². The number of aromatic nitrogens is 4. The molecule has 2 aromatic rings. The molecular formula is C14H20BrN5. The van der Waals surface area contributed by atoms with Gasteiger partial charge >= 0.3 is 0 Å². The highest BCUT2D eigenvalue weighted by Crippen LogP contribution is 2.31. The molecule has 108 valence electrons. The molecule has 0 aliphatic heterocycles. The van der Waals surface area contributed by atoms with Crippen LogP contribution in [0.15, 0.2) is 17.0 Å². The van der Waals surface area contributed by atoms with Crippen molar-refractivity contribution in [3.8, 4) is 11.5 Å². The number of halogens is 1. The van der Waals surface area contributed by atoms with Gasteiger partial charge in [-0.15, -0.1) is 0 Å². The minimum Gasteiger partial charge on any atom is -0.369 e. The SMILES string of the molecule is CCCNc1nc(-c2cncn2C)nc(C(C)C)c1Br. The molecule has 0 aromatic carbocycles. The van der Waals surface area contributed by atoms with Crippen molar-refractivity contribution in [2.45, 2.75) is 33.1 Å². The topological polar surface area (TPSA) is 55.6 Å². The van der Waals surface area contributed by atoms with E-state index in [-0.39, 0.29) is 0 Å². The average Bonchev–Trinajstić information content (AvgIpc) is 2.83. The molecule has 2 heterocycles. The lowest BCUT2D eigenvalue weighted by Gasteiger charge is -2.14. The first-order chi connectivity index (χ1) is 9.54. The highest BCUT2D eigenvalue weighted by Gasteiger charge is 2.17. The first-order valence-corrected chi connectivity index (χ1v) is 7.61. The number of hydrogen-bond donors (Lipinski definition) is 1. The molecule has 0 spiro atoms. The van der Waals surface area contributed by atoms with E-state index in [0.717, 1.165) is 34.6 Å². The molecule has 0 radical (unpaired) electrons. The molecule has 0 saturated heterocycles. The van der Waals surface area contributed by atoms with Crippen LogP contribution >= 0.6 is 15.9 Å². The lowest BCUT2D eigenvalue weighted by Crippen LogP contribution is -2.09. The zero-order valence-electron chi connectivity index (χ0n) is 12.3. The molecule has 0 bridgehead atoms. The summed E-state index contributed by atoms with van der Waals surface area (Å²) < 4.78 is 2.88. The van der Waals surface area contributed by atoms with Gasteiger partial charge in [-0.25, -0.2) is 15.0 Å². The van der Waals surface area contributed by atoms with Crippen molar-refractivity contribution >= 4 is 21.7 Å². The van der Waals surface area contributed by atoms with Crippen LogP contribution in [0.4, 0.5) is 5.82 Å². The molecule has 0 fully saturated rings. The molecule has 5 nitrogen and oxygen atoms in total. The predicted molar refractivity (Wildman–Crippen MR) is 84.8 cm³/mol. The number of nitrogens with one attached hydrogen (secondary N) is 1. The van der Waals surface area contributed by atoms with E-state index in [1.807, 2.05) is 11.6 Å². The van der Waals surface area contributed by atoms with Crippen molar-refractivity contribution in [2.75, 3.05) is 11.9 Å². The number of imidazole rings is 1. The van der Waals surface area contributed by atoms with Crippen LogP contribution in [0.25, 0.3) is 11.5 Å². The van der Waals surface area contributed by atoms with Gasteiger partial charge in [0.25, 0.3) is 0 Å². The molecule has 0 atom stereocenters. The zero-order valence-corrected chi connectivity index (χ0v) is 13.9.